The number of aromatic nitrogens is 2. The van der Waals surface area contributed by atoms with Gasteiger partial charge >= 0.3 is 5.97 Å². The Morgan fingerprint density at radius 1 is 1.33 bits per heavy atom. The van der Waals surface area contributed by atoms with Crippen molar-refractivity contribution in [1.82, 2.24) is 9.97 Å². The van der Waals surface area contributed by atoms with Gasteiger partial charge in [-0.15, -0.1) is 0 Å². The Morgan fingerprint density at radius 2 is 2.10 bits per heavy atom. The molecule has 2 aromatic rings. The molecule has 0 radical (unpaired) electrons. The zero-order valence-corrected chi connectivity index (χ0v) is 12.6. The van der Waals surface area contributed by atoms with Crippen LogP contribution >= 0.6 is 11.6 Å². The lowest BCUT2D eigenvalue weighted by atomic mass is 10.1. The van der Waals surface area contributed by atoms with Crippen LogP contribution in [0.3, 0.4) is 0 Å². The fraction of sp³-hybridized carbons (Fsp3) is 0.267. The van der Waals surface area contributed by atoms with Crippen LogP contribution in [-0.2, 0) is 6.42 Å². The van der Waals surface area contributed by atoms with Gasteiger partial charge in [-0.1, -0.05) is 23.7 Å². The van der Waals surface area contributed by atoms with Crippen molar-refractivity contribution in [3.05, 3.63) is 52.4 Å². The van der Waals surface area contributed by atoms with Gasteiger partial charge in [0.25, 0.3) is 0 Å². The van der Waals surface area contributed by atoms with E-state index in [4.69, 9.17) is 16.7 Å². The van der Waals surface area contributed by atoms with E-state index in [2.05, 4.69) is 15.3 Å². The predicted molar refractivity (Wildman–Crippen MR) is 82.0 cm³/mol. The smallest absolute Gasteiger partial charge is 0.354 e. The maximum absolute atomic E-state index is 11.2. The average Bonchev–Trinajstić information content (AvgIpc) is 2.37. The van der Waals surface area contributed by atoms with Crippen LogP contribution in [0.2, 0.25) is 5.02 Å². The van der Waals surface area contributed by atoms with Gasteiger partial charge in [0.15, 0.2) is 5.69 Å². The molecule has 1 heterocycles. The number of halogens is 1. The molecule has 1 aromatic heterocycles. The van der Waals surface area contributed by atoms with Crippen LogP contribution in [0.5, 0.6) is 0 Å². The molecule has 0 saturated heterocycles. The lowest BCUT2D eigenvalue weighted by Crippen LogP contribution is -2.14. The Morgan fingerprint density at radius 3 is 2.71 bits per heavy atom. The minimum absolute atomic E-state index is 0.0230. The van der Waals surface area contributed by atoms with Crippen LogP contribution in [0.4, 0.5) is 5.82 Å². The number of carboxylic acid groups (broad SMARTS) is 1. The predicted octanol–water partition coefficient (Wildman–Crippen LogP) is 3.24. The number of anilines is 1. The van der Waals surface area contributed by atoms with Crippen molar-refractivity contribution in [1.29, 1.82) is 0 Å². The van der Waals surface area contributed by atoms with E-state index in [9.17, 15) is 4.79 Å². The van der Waals surface area contributed by atoms with Crippen molar-refractivity contribution < 1.29 is 9.90 Å². The fourth-order valence-electron chi connectivity index (χ4n) is 1.88. The maximum atomic E-state index is 11.2. The molecule has 5 nitrogen and oxygen atoms in total. The molecule has 0 bridgehead atoms. The molecular weight excluding hydrogens is 290 g/mol. The first-order valence-electron chi connectivity index (χ1n) is 6.56. The fourth-order valence-corrected chi connectivity index (χ4v) is 2.10. The minimum Gasteiger partial charge on any atom is -0.477 e. The lowest BCUT2D eigenvalue weighted by molar-refractivity contribution is 0.0690. The molecule has 0 aliphatic heterocycles. The maximum Gasteiger partial charge on any atom is 0.354 e. The van der Waals surface area contributed by atoms with Gasteiger partial charge in [-0.05, 0) is 31.5 Å². The van der Waals surface area contributed by atoms with Gasteiger partial charge in [0.05, 0.1) is 0 Å². The van der Waals surface area contributed by atoms with Gasteiger partial charge in [-0.3, -0.25) is 0 Å². The summed E-state index contributed by atoms with van der Waals surface area (Å²) in [5.74, 6) is -0.119. The number of nitrogens with zero attached hydrogens (tertiary/aromatic N) is 2. The SMILES string of the molecule is CC(C)Nc1cc(C(=O)O)nc(Cc2cccc(Cl)c2)n1. The molecule has 21 heavy (non-hydrogen) atoms. The highest BCUT2D eigenvalue weighted by molar-refractivity contribution is 6.30. The topological polar surface area (TPSA) is 75.1 Å². The van der Waals surface area contributed by atoms with Crippen molar-refractivity contribution in [3.8, 4) is 0 Å². The number of carbonyl (C=O) groups is 1. The molecule has 6 heteroatoms. The molecule has 0 atom stereocenters. The van der Waals surface area contributed by atoms with Crippen LogP contribution in [0.15, 0.2) is 30.3 Å². The summed E-state index contributed by atoms with van der Waals surface area (Å²) in [6.07, 6.45) is 0.425. The summed E-state index contributed by atoms with van der Waals surface area (Å²) in [5, 5.41) is 12.9. The quantitative estimate of drug-likeness (QED) is 0.887. The van der Waals surface area contributed by atoms with E-state index in [-0.39, 0.29) is 11.7 Å². The number of aromatic carboxylic acids is 1. The molecule has 110 valence electrons. The third kappa shape index (κ3) is 4.43. The first-order valence-corrected chi connectivity index (χ1v) is 6.94. The third-order valence-corrected chi connectivity index (χ3v) is 2.91. The average molecular weight is 306 g/mol. The highest BCUT2D eigenvalue weighted by Crippen LogP contribution is 2.15. The van der Waals surface area contributed by atoms with E-state index in [0.717, 1.165) is 5.56 Å². The standard InChI is InChI=1S/C15H16ClN3O2/c1-9(2)17-14-8-12(15(20)21)18-13(19-14)7-10-4-3-5-11(16)6-10/h3-6,8-9H,7H2,1-2H3,(H,20,21)(H,17,18,19). The van der Waals surface area contributed by atoms with Gasteiger partial charge in [-0.25, -0.2) is 14.8 Å². The second-order valence-electron chi connectivity index (χ2n) is 4.97. The molecule has 0 saturated carbocycles. The largest absolute Gasteiger partial charge is 0.477 e. The third-order valence-electron chi connectivity index (χ3n) is 2.68. The second kappa shape index (κ2) is 6.54. The minimum atomic E-state index is -1.07. The Labute approximate surface area is 128 Å². The molecule has 0 amide bonds. The lowest BCUT2D eigenvalue weighted by Gasteiger charge is -2.11. The van der Waals surface area contributed by atoms with Crippen LogP contribution in [0.1, 0.15) is 35.7 Å². The summed E-state index contributed by atoms with van der Waals surface area (Å²) in [4.78, 5) is 19.6. The van der Waals surface area contributed by atoms with Gasteiger partial charge in [-0.2, -0.15) is 0 Å². The summed E-state index contributed by atoms with van der Waals surface area (Å²) < 4.78 is 0. The second-order valence-corrected chi connectivity index (χ2v) is 5.40. The summed E-state index contributed by atoms with van der Waals surface area (Å²) in [6.45, 7) is 3.92. The number of rotatable bonds is 5. The number of nitrogens with one attached hydrogen (secondary N) is 1. The molecule has 0 aliphatic carbocycles. The van der Waals surface area contributed by atoms with E-state index < -0.39 is 5.97 Å². The molecule has 1 aromatic carbocycles. The van der Waals surface area contributed by atoms with Crippen LogP contribution in [-0.4, -0.2) is 27.1 Å². The van der Waals surface area contributed by atoms with E-state index in [1.807, 2.05) is 32.0 Å². The van der Waals surface area contributed by atoms with Gasteiger partial charge in [0, 0.05) is 23.6 Å². The molecule has 2 N–H and O–H groups in total. The number of benzene rings is 1. The number of hydrogen-bond acceptors (Lipinski definition) is 4. The monoisotopic (exact) mass is 305 g/mol. The summed E-state index contributed by atoms with van der Waals surface area (Å²) in [7, 11) is 0. The molecule has 2 rings (SSSR count). The van der Waals surface area contributed by atoms with Gasteiger partial charge < -0.3 is 10.4 Å². The van der Waals surface area contributed by atoms with Crippen molar-refractivity contribution in [2.24, 2.45) is 0 Å². The molecule has 0 aliphatic rings. The van der Waals surface area contributed by atoms with Crippen molar-refractivity contribution in [2.45, 2.75) is 26.3 Å². The molecular formula is C15H16ClN3O2. The van der Waals surface area contributed by atoms with Crippen molar-refractivity contribution >= 4 is 23.4 Å². The highest BCUT2D eigenvalue weighted by atomic mass is 35.5. The zero-order chi connectivity index (χ0) is 15.4. The number of carboxylic acids is 1. The molecule has 0 fully saturated rings. The van der Waals surface area contributed by atoms with E-state index >= 15 is 0 Å². The zero-order valence-electron chi connectivity index (χ0n) is 11.8. The molecule has 0 unspecified atom stereocenters. The normalized spacial score (nSPS) is 10.7. The van der Waals surface area contributed by atoms with E-state index in [0.29, 0.717) is 23.1 Å². The summed E-state index contributed by atoms with van der Waals surface area (Å²) in [5.41, 5.74) is 0.908. The Balaban J connectivity index is 2.33. The first kappa shape index (κ1) is 15.3. The van der Waals surface area contributed by atoms with Crippen molar-refractivity contribution in [2.75, 3.05) is 5.32 Å². The van der Waals surface area contributed by atoms with Gasteiger partial charge in [0.1, 0.15) is 11.6 Å². The summed E-state index contributed by atoms with van der Waals surface area (Å²) in [6, 6.07) is 8.92. The number of hydrogen-bond donors (Lipinski definition) is 2. The summed E-state index contributed by atoms with van der Waals surface area (Å²) >= 11 is 5.95. The Hall–Kier alpha value is -2.14. The first-order chi connectivity index (χ1) is 9.94. The van der Waals surface area contributed by atoms with E-state index in [1.54, 1.807) is 6.07 Å². The van der Waals surface area contributed by atoms with Crippen LogP contribution < -0.4 is 5.32 Å². The van der Waals surface area contributed by atoms with E-state index in [1.165, 1.54) is 6.07 Å². The highest BCUT2D eigenvalue weighted by Gasteiger charge is 2.11. The Bertz CT molecular complexity index is 659. The Kier molecular flexibility index (Phi) is 4.75. The van der Waals surface area contributed by atoms with Crippen LogP contribution in [0.25, 0.3) is 0 Å². The van der Waals surface area contributed by atoms with Gasteiger partial charge in [0.2, 0.25) is 0 Å². The van der Waals surface area contributed by atoms with Crippen molar-refractivity contribution in [3.63, 3.8) is 0 Å². The van der Waals surface area contributed by atoms with Crippen LogP contribution in [0, 0.1) is 0 Å². The molecule has 0 spiro atoms.